The second-order valence-electron chi connectivity index (χ2n) is 12.6. The van der Waals surface area contributed by atoms with Crippen LogP contribution in [0.1, 0.15) is 75.5 Å². The van der Waals surface area contributed by atoms with E-state index in [0.29, 0.717) is 38.9 Å². The monoisotopic (exact) mass is 613 g/mol. The summed E-state index contributed by atoms with van der Waals surface area (Å²) in [6, 6.07) is 29.7. The van der Waals surface area contributed by atoms with Crippen molar-refractivity contribution < 1.29 is 23.9 Å². The maximum absolute atomic E-state index is 14.1. The van der Waals surface area contributed by atoms with Crippen molar-refractivity contribution in [2.75, 3.05) is 19.6 Å². The van der Waals surface area contributed by atoms with E-state index in [1.807, 2.05) is 92.4 Å². The van der Waals surface area contributed by atoms with Gasteiger partial charge in [-0.1, -0.05) is 91.0 Å². The van der Waals surface area contributed by atoms with Gasteiger partial charge in [0, 0.05) is 38.0 Å². The molecule has 1 fully saturated rings. The van der Waals surface area contributed by atoms with E-state index in [0.717, 1.165) is 23.1 Å². The minimum Gasteiger partial charge on any atom is -0.460 e. The lowest BCUT2D eigenvalue weighted by Crippen LogP contribution is -2.47. The van der Waals surface area contributed by atoms with E-state index in [4.69, 9.17) is 9.47 Å². The molecule has 8 heteroatoms. The molecule has 1 saturated heterocycles. The van der Waals surface area contributed by atoms with Crippen LogP contribution in [0.2, 0.25) is 0 Å². The number of benzene rings is 3. The third-order valence-electron chi connectivity index (χ3n) is 7.87. The molecule has 2 atom stereocenters. The number of esters is 1. The molecule has 0 saturated carbocycles. The Kier molecular flexibility index (Phi) is 12.6. The molecule has 1 aliphatic heterocycles. The first-order chi connectivity index (χ1) is 21.7. The predicted octanol–water partition coefficient (Wildman–Crippen LogP) is 6.21. The molecule has 4 rings (SSSR count). The molecule has 2 amide bonds. The Balaban J connectivity index is 1.41. The number of carbonyl (C=O) groups excluding carboxylic acids is 3. The van der Waals surface area contributed by atoms with Crippen molar-refractivity contribution in [2.45, 2.75) is 83.1 Å². The summed E-state index contributed by atoms with van der Waals surface area (Å²) in [6.07, 6.45) is 2.24. The maximum atomic E-state index is 14.1. The third-order valence-corrected chi connectivity index (χ3v) is 7.87. The van der Waals surface area contributed by atoms with Crippen LogP contribution in [-0.4, -0.2) is 60.2 Å². The molecular formula is C37H47N3O5. The zero-order valence-electron chi connectivity index (χ0n) is 26.7. The van der Waals surface area contributed by atoms with Crippen LogP contribution in [0, 0.1) is 0 Å². The average Bonchev–Trinajstić information content (AvgIpc) is 3.18. The van der Waals surface area contributed by atoms with Crippen molar-refractivity contribution in [3.05, 3.63) is 108 Å². The SMILES string of the molecule is CC(C)(C)OC(=O)CC[C@H]1CCN(CC(c2ccccc2)c2ccccc2)C(=O)[C@H](CCCNC(=O)OCc2ccccc2)N1. The standard InChI is InChI=1S/C37H47N3O5/c1-37(2,3)45-34(41)22-21-31-23-25-40(26-32(29-16-9-5-10-17-29)30-18-11-6-12-19-30)35(42)33(39-31)20-13-24-38-36(43)44-27-28-14-7-4-8-15-28/h4-12,14-19,31-33,39H,13,20-27H2,1-3H3,(H,38,43)/t31-,33-/m0/s1. The highest BCUT2D eigenvalue weighted by atomic mass is 16.6. The van der Waals surface area contributed by atoms with E-state index in [9.17, 15) is 14.4 Å². The van der Waals surface area contributed by atoms with Gasteiger partial charge in [-0.25, -0.2) is 4.79 Å². The first kappa shape index (κ1) is 33.7. The smallest absolute Gasteiger partial charge is 0.407 e. The molecule has 0 radical (unpaired) electrons. The Bertz CT molecular complexity index is 1310. The number of nitrogens with one attached hydrogen (secondary N) is 2. The first-order valence-corrected chi connectivity index (χ1v) is 16.0. The Morgan fingerprint density at radius 3 is 2.11 bits per heavy atom. The summed E-state index contributed by atoms with van der Waals surface area (Å²) in [5.41, 5.74) is 2.69. The van der Waals surface area contributed by atoms with Crippen LogP contribution in [0.3, 0.4) is 0 Å². The number of alkyl carbamates (subject to hydrolysis) is 1. The van der Waals surface area contributed by atoms with Gasteiger partial charge in [0.15, 0.2) is 0 Å². The van der Waals surface area contributed by atoms with Gasteiger partial charge in [0.05, 0.1) is 6.04 Å². The Morgan fingerprint density at radius 1 is 0.911 bits per heavy atom. The lowest BCUT2D eigenvalue weighted by molar-refractivity contribution is -0.155. The summed E-state index contributed by atoms with van der Waals surface area (Å²) in [5, 5.41) is 6.37. The summed E-state index contributed by atoms with van der Waals surface area (Å²) in [5.74, 6) is -0.172. The van der Waals surface area contributed by atoms with Gasteiger partial charge in [0.25, 0.3) is 0 Å². The molecule has 0 aromatic heterocycles. The lowest BCUT2D eigenvalue weighted by atomic mass is 9.90. The van der Waals surface area contributed by atoms with Crippen molar-refractivity contribution in [3.8, 4) is 0 Å². The van der Waals surface area contributed by atoms with E-state index in [1.165, 1.54) is 0 Å². The summed E-state index contributed by atoms with van der Waals surface area (Å²) < 4.78 is 10.9. The molecule has 1 aliphatic rings. The van der Waals surface area contributed by atoms with Gasteiger partial charge in [-0.05, 0) is 63.1 Å². The Hall–Kier alpha value is -4.17. The molecule has 0 aliphatic carbocycles. The van der Waals surface area contributed by atoms with Crippen LogP contribution >= 0.6 is 0 Å². The molecule has 3 aromatic rings. The number of rotatable bonds is 13. The van der Waals surface area contributed by atoms with Crippen molar-refractivity contribution in [1.29, 1.82) is 0 Å². The van der Waals surface area contributed by atoms with E-state index in [-0.39, 0.29) is 36.9 Å². The second kappa shape index (κ2) is 16.8. The fourth-order valence-electron chi connectivity index (χ4n) is 5.65. The fraction of sp³-hybridized carbons (Fsp3) is 0.432. The first-order valence-electron chi connectivity index (χ1n) is 16.0. The highest BCUT2D eigenvalue weighted by Crippen LogP contribution is 2.27. The number of hydrogen-bond donors (Lipinski definition) is 2. The summed E-state index contributed by atoms with van der Waals surface area (Å²) >= 11 is 0. The molecule has 45 heavy (non-hydrogen) atoms. The highest BCUT2D eigenvalue weighted by molar-refractivity contribution is 5.82. The zero-order chi connectivity index (χ0) is 32.1. The van der Waals surface area contributed by atoms with Crippen molar-refractivity contribution >= 4 is 18.0 Å². The van der Waals surface area contributed by atoms with E-state index >= 15 is 0 Å². The van der Waals surface area contributed by atoms with E-state index in [1.54, 1.807) is 0 Å². The van der Waals surface area contributed by atoms with Crippen LogP contribution in [0.4, 0.5) is 4.79 Å². The third kappa shape index (κ3) is 11.4. The molecule has 2 N–H and O–H groups in total. The minimum absolute atomic E-state index is 0.0211. The summed E-state index contributed by atoms with van der Waals surface area (Å²) in [7, 11) is 0. The molecule has 3 aromatic carbocycles. The fourth-order valence-corrected chi connectivity index (χ4v) is 5.65. The quantitative estimate of drug-likeness (QED) is 0.176. The lowest BCUT2D eigenvalue weighted by Gasteiger charge is -2.29. The molecule has 8 nitrogen and oxygen atoms in total. The van der Waals surface area contributed by atoms with Crippen molar-refractivity contribution in [3.63, 3.8) is 0 Å². The van der Waals surface area contributed by atoms with Gasteiger partial charge in [0.2, 0.25) is 5.91 Å². The van der Waals surface area contributed by atoms with Crippen LogP contribution in [0.5, 0.6) is 0 Å². The number of amides is 2. The summed E-state index contributed by atoms with van der Waals surface area (Å²) in [6.45, 7) is 7.32. The number of carbonyl (C=O) groups is 3. The largest absolute Gasteiger partial charge is 0.460 e. The van der Waals surface area contributed by atoms with Crippen molar-refractivity contribution in [2.24, 2.45) is 0 Å². The summed E-state index contributed by atoms with van der Waals surface area (Å²) in [4.78, 5) is 40.8. The van der Waals surface area contributed by atoms with Crippen LogP contribution in [0.25, 0.3) is 0 Å². The normalized spacial score (nSPS) is 17.1. The molecule has 240 valence electrons. The highest BCUT2D eigenvalue weighted by Gasteiger charge is 2.33. The number of nitrogens with zero attached hydrogens (tertiary/aromatic N) is 1. The van der Waals surface area contributed by atoms with Gasteiger partial charge in [-0.2, -0.15) is 0 Å². The molecule has 0 unspecified atom stereocenters. The predicted molar refractivity (Wildman–Crippen MR) is 176 cm³/mol. The van der Waals surface area contributed by atoms with E-state index < -0.39 is 17.7 Å². The molecular weight excluding hydrogens is 566 g/mol. The number of hydrogen-bond acceptors (Lipinski definition) is 6. The minimum atomic E-state index is -0.539. The van der Waals surface area contributed by atoms with Crippen LogP contribution in [-0.2, 0) is 25.7 Å². The molecule has 1 heterocycles. The van der Waals surface area contributed by atoms with Crippen LogP contribution < -0.4 is 10.6 Å². The van der Waals surface area contributed by atoms with Gasteiger partial charge >= 0.3 is 12.1 Å². The van der Waals surface area contributed by atoms with Crippen molar-refractivity contribution in [1.82, 2.24) is 15.5 Å². The Labute approximate surface area is 267 Å². The van der Waals surface area contributed by atoms with Gasteiger partial charge in [-0.3, -0.25) is 9.59 Å². The average molecular weight is 614 g/mol. The van der Waals surface area contributed by atoms with Gasteiger partial charge in [-0.15, -0.1) is 0 Å². The van der Waals surface area contributed by atoms with Crippen LogP contribution in [0.15, 0.2) is 91.0 Å². The van der Waals surface area contributed by atoms with Gasteiger partial charge < -0.3 is 25.0 Å². The molecule has 0 spiro atoms. The molecule has 0 bridgehead atoms. The zero-order valence-corrected chi connectivity index (χ0v) is 26.7. The topological polar surface area (TPSA) is 97.0 Å². The number of ether oxygens (including phenoxy) is 2. The van der Waals surface area contributed by atoms with Gasteiger partial charge in [0.1, 0.15) is 12.2 Å². The van der Waals surface area contributed by atoms with E-state index in [2.05, 4.69) is 34.9 Å². The Morgan fingerprint density at radius 2 is 1.51 bits per heavy atom. The second-order valence-corrected chi connectivity index (χ2v) is 12.6. The maximum Gasteiger partial charge on any atom is 0.407 e.